The lowest BCUT2D eigenvalue weighted by molar-refractivity contribution is 0.0699. The second-order valence-electron chi connectivity index (χ2n) is 15.6. The molecule has 1 saturated carbocycles. The Morgan fingerprint density at radius 2 is 1.36 bits per heavy atom. The molecule has 5 fully saturated rings. The van der Waals surface area contributed by atoms with Crippen molar-refractivity contribution >= 4 is 33.0 Å². The molecule has 4 aromatic carbocycles. The number of benzene rings is 4. The third kappa shape index (κ3) is 8.95. The Balaban J connectivity index is 1.09. The lowest BCUT2D eigenvalue weighted by Crippen LogP contribution is -2.46. The van der Waals surface area contributed by atoms with Gasteiger partial charge in [-0.1, -0.05) is 54.6 Å². The van der Waals surface area contributed by atoms with Crippen LogP contribution in [0, 0.1) is 17.8 Å². The Bertz CT molecular complexity index is 1990. The van der Waals surface area contributed by atoms with Gasteiger partial charge in [-0.05, 0) is 104 Å². The Hall–Kier alpha value is -4.58. The summed E-state index contributed by atoms with van der Waals surface area (Å²) in [6, 6.07) is 29.9. The molecule has 2 N–H and O–H groups in total. The quantitative estimate of drug-likeness (QED) is 0.153. The highest BCUT2D eigenvalue weighted by molar-refractivity contribution is 7.90. The number of nitrogens with zero attached hydrogens (tertiary/aromatic N) is 3. The molecule has 1 amide bonds. The van der Waals surface area contributed by atoms with Crippen LogP contribution in [0.4, 0.5) is 17.1 Å². The van der Waals surface area contributed by atoms with Gasteiger partial charge in [0.05, 0.1) is 5.69 Å². The number of hydrogen-bond acceptors (Lipinski definition) is 9. The van der Waals surface area contributed by atoms with Crippen LogP contribution in [0.2, 0.25) is 0 Å². The minimum Gasteiger partial charge on any atom is -0.454 e. The number of rotatable bonds is 12. The van der Waals surface area contributed by atoms with E-state index in [-0.39, 0.29) is 16.2 Å². The number of sulfonamides is 1. The molecule has 55 heavy (non-hydrogen) atoms. The highest BCUT2D eigenvalue weighted by Gasteiger charge is 2.33. The summed E-state index contributed by atoms with van der Waals surface area (Å²) in [6.45, 7) is 8.32. The summed E-state index contributed by atoms with van der Waals surface area (Å²) in [5, 5.41) is 3.69. The molecule has 4 aromatic rings. The van der Waals surface area contributed by atoms with Gasteiger partial charge in [0.25, 0.3) is 15.9 Å². The van der Waals surface area contributed by atoms with Crippen molar-refractivity contribution in [2.24, 2.45) is 17.8 Å². The van der Waals surface area contributed by atoms with Crippen LogP contribution in [-0.2, 0) is 21.3 Å². The first-order valence-electron chi connectivity index (χ1n) is 20.0. The van der Waals surface area contributed by atoms with E-state index in [1.165, 1.54) is 36.9 Å². The molecule has 0 unspecified atom stereocenters. The van der Waals surface area contributed by atoms with Gasteiger partial charge in [0, 0.05) is 76.8 Å². The van der Waals surface area contributed by atoms with Crippen LogP contribution in [0.25, 0.3) is 0 Å². The normalized spacial score (nSPS) is 20.9. The van der Waals surface area contributed by atoms with Gasteiger partial charge in [-0.2, -0.15) is 0 Å². The number of anilines is 3. The number of hydrogen-bond donors (Lipinski definition) is 2. The van der Waals surface area contributed by atoms with Crippen LogP contribution in [0.5, 0.6) is 11.5 Å². The van der Waals surface area contributed by atoms with Crippen LogP contribution >= 0.6 is 0 Å². The molecule has 9 rings (SSSR count). The van der Waals surface area contributed by atoms with Crippen molar-refractivity contribution in [3.8, 4) is 11.5 Å². The maximum Gasteiger partial charge on any atom is 0.268 e. The van der Waals surface area contributed by atoms with Crippen molar-refractivity contribution < 1.29 is 22.7 Å². The zero-order chi connectivity index (χ0) is 37.6. The van der Waals surface area contributed by atoms with Gasteiger partial charge in [-0.15, -0.1) is 0 Å². The Kier molecular flexibility index (Phi) is 11.6. The van der Waals surface area contributed by atoms with Crippen LogP contribution in [-0.4, -0.2) is 78.3 Å². The molecule has 4 heterocycles. The zero-order valence-electron chi connectivity index (χ0n) is 31.6. The van der Waals surface area contributed by atoms with Gasteiger partial charge < -0.3 is 24.6 Å². The number of para-hydroxylation sites is 2. The zero-order valence-corrected chi connectivity index (χ0v) is 32.4. The highest BCUT2D eigenvalue weighted by atomic mass is 32.2. The van der Waals surface area contributed by atoms with E-state index in [4.69, 9.17) is 9.47 Å². The van der Waals surface area contributed by atoms with Gasteiger partial charge in [-0.25, -0.2) is 13.1 Å². The molecule has 290 valence electrons. The maximum absolute atomic E-state index is 14.2. The van der Waals surface area contributed by atoms with E-state index in [2.05, 4.69) is 49.0 Å². The third-order valence-electron chi connectivity index (χ3n) is 11.9. The Labute approximate surface area is 325 Å². The Morgan fingerprint density at radius 3 is 2.05 bits per heavy atom. The monoisotopic (exact) mass is 763 g/mol. The first-order chi connectivity index (χ1) is 26.9. The summed E-state index contributed by atoms with van der Waals surface area (Å²) in [6.07, 6.45) is 7.35. The molecule has 1 aliphatic carbocycles. The fourth-order valence-electron chi connectivity index (χ4n) is 8.77. The van der Waals surface area contributed by atoms with Crippen molar-refractivity contribution in [2.75, 3.05) is 74.1 Å². The topological polar surface area (TPSA) is 103 Å². The fraction of sp³-hybridized carbons (Fsp3) is 0.432. The van der Waals surface area contributed by atoms with Gasteiger partial charge in [-0.3, -0.25) is 9.69 Å². The minimum absolute atomic E-state index is 0.0879. The number of ether oxygens (including phenoxy) is 2. The van der Waals surface area contributed by atoms with Crippen LogP contribution in [0.1, 0.15) is 54.4 Å². The minimum atomic E-state index is -4.36. The third-order valence-corrected chi connectivity index (χ3v) is 13.2. The van der Waals surface area contributed by atoms with Crippen molar-refractivity contribution in [3.63, 3.8) is 0 Å². The summed E-state index contributed by atoms with van der Waals surface area (Å²) in [5.74, 6) is 2.03. The molecule has 0 spiro atoms. The van der Waals surface area contributed by atoms with E-state index in [9.17, 15) is 13.2 Å². The standard InChI is InChI=1S/C44H53N5O5S/c50-44(36-9-3-1-4-10-36)46-55(51,52)41-20-19-39(45-29-33-21-27-53-28-22-33)42(43(41)54-38-12-5-2-6-13-38)48-25-23-47(24-26-48)32-37-11-7-8-14-40(37)49-30-34-15-16-35(31-49)18-17-34/h1-14,19-20,33-35,45H,15-18,21-32H2,(H,46,50). The SMILES string of the molecule is O=C(NS(=O)(=O)c1ccc(NCC2CCOCC2)c(N2CCN(Cc3ccccc3N3CC4CCC(CC4)C3)CC2)c1Oc1ccccc1)c1ccccc1. The van der Waals surface area contributed by atoms with E-state index in [0.717, 1.165) is 82.8 Å². The van der Waals surface area contributed by atoms with Crippen molar-refractivity contribution in [1.82, 2.24) is 9.62 Å². The van der Waals surface area contributed by atoms with Crippen molar-refractivity contribution in [3.05, 3.63) is 108 Å². The fourth-order valence-corrected chi connectivity index (χ4v) is 9.87. The number of amides is 1. The largest absolute Gasteiger partial charge is 0.454 e. The second kappa shape index (κ2) is 17.1. The molecule has 0 radical (unpaired) electrons. The number of piperazine rings is 1. The van der Waals surface area contributed by atoms with E-state index >= 15 is 0 Å². The molecule has 4 saturated heterocycles. The molecule has 0 atom stereocenters. The summed E-state index contributed by atoms with van der Waals surface area (Å²) in [5.41, 5.74) is 4.49. The van der Waals surface area contributed by atoms with E-state index in [1.54, 1.807) is 36.4 Å². The lowest BCUT2D eigenvalue weighted by Gasteiger charge is -2.39. The highest BCUT2D eigenvalue weighted by Crippen LogP contribution is 2.45. The second-order valence-corrected chi connectivity index (χ2v) is 17.3. The van der Waals surface area contributed by atoms with E-state index in [1.807, 2.05) is 36.4 Å². The summed E-state index contributed by atoms with van der Waals surface area (Å²) < 4.78 is 42.9. The summed E-state index contributed by atoms with van der Waals surface area (Å²) in [4.78, 5) is 20.6. The van der Waals surface area contributed by atoms with Crippen LogP contribution < -0.4 is 24.6 Å². The van der Waals surface area contributed by atoms with Crippen molar-refractivity contribution in [2.45, 2.75) is 50.0 Å². The Morgan fingerprint density at radius 1 is 0.727 bits per heavy atom. The molecule has 5 aliphatic rings. The van der Waals surface area contributed by atoms with Gasteiger partial charge >= 0.3 is 0 Å². The molecule has 10 nitrogen and oxygen atoms in total. The summed E-state index contributed by atoms with van der Waals surface area (Å²) in [7, 11) is -4.36. The summed E-state index contributed by atoms with van der Waals surface area (Å²) >= 11 is 0. The van der Waals surface area contributed by atoms with Gasteiger partial charge in [0.1, 0.15) is 16.3 Å². The number of carbonyl (C=O) groups is 1. The van der Waals surface area contributed by atoms with Crippen molar-refractivity contribution in [1.29, 1.82) is 0 Å². The van der Waals surface area contributed by atoms with Crippen LogP contribution in [0.15, 0.2) is 102 Å². The number of fused-ring (bicyclic) bond motifs is 4. The molecule has 4 aliphatic heterocycles. The first-order valence-corrected chi connectivity index (χ1v) is 21.5. The van der Waals surface area contributed by atoms with Crippen LogP contribution in [0.3, 0.4) is 0 Å². The van der Waals surface area contributed by atoms with Gasteiger partial charge in [0.2, 0.25) is 0 Å². The lowest BCUT2D eigenvalue weighted by atomic mass is 9.84. The average molecular weight is 764 g/mol. The van der Waals surface area contributed by atoms with E-state index < -0.39 is 15.9 Å². The maximum atomic E-state index is 14.2. The van der Waals surface area contributed by atoms with E-state index in [0.29, 0.717) is 30.4 Å². The predicted octanol–water partition coefficient (Wildman–Crippen LogP) is 7.38. The predicted molar refractivity (Wildman–Crippen MR) is 218 cm³/mol. The number of carbonyl (C=O) groups excluding carboxylic acids is 1. The first kappa shape index (κ1) is 37.3. The number of nitrogens with one attached hydrogen (secondary N) is 2. The smallest absolute Gasteiger partial charge is 0.268 e. The molecule has 11 heteroatoms. The average Bonchev–Trinajstić information content (AvgIpc) is 3.56. The molecule has 0 aromatic heterocycles. The molecular formula is C44H53N5O5S. The molecular weight excluding hydrogens is 711 g/mol. The molecule has 2 bridgehead atoms. The van der Waals surface area contributed by atoms with Gasteiger partial charge in [0.15, 0.2) is 5.75 Å².